The van der Waals surface area contributed by atoms with Crippen molar-refractivity contribution in [3.8, 4) is 0 Å². The molecule has 0 spiro atoms. The fourth-order valence-electron chi connectivity index (χ4n) is 3.26. The number of pyridine rings is 1. The molecule has 0 aliphatic carbocycles. The SMILES string of the molecule is COC(CCl)OCc1ccc(S(=O)(=O)C(F)(F)C2CCN(C(=O)OC(C)(C)C)CC2)c(N)n1. The molecule has 9 nitrogen and oxygen atoms in total. The van der Waals surface area contributed by atoms with E-state index in [2.05, 4.69) is 4.98 Å². The van der Waals surface area contributed by atoms with E-state index in [0.29, 0.717) is 0 Å². The Hall–Kier alpha value is -1.76. The fraction of sp³-hybridized carbons (Fsp3) is 0.700. The van der Waals surface area contributed by atoms with Crippen LogP contribution in [0.1, 0.15) is 39.3 Å². The maximum atomic E-state index is 15.1. The lowest BCUT2D eigenvalue weighted by atomic mass is 9.97. The summed E-state index contributed by atoms with van der Waals surface area (Å²) in [4.78, 5) is 16.6. The van der Waals surface area contributed by atoms with Crippen molar-refractivity contribution in [1.82, 2.24) is 9.88 Å². The van der Waals surface area contributed by atoms with Gasteiger partial charge in [0.1, 0.15) is 16.3 Å². The average Bonchev–Trinajstić information content (AvgIpc) is 2.73. The van der Waals surface area contributed by atoms with Gasteiger partial charge in [0.2, 0.25) is 9.84 Å². The van der Waals surface area contributed by atoms with E-state index >= 15 is 8.78 Å². The molecule has 1 unspecified atom stereocenters. The van der Waals surface area contributed by atoms with E-state index in [9.17, 15) is 13.2 Å². The zero-order chi connectivity index (χ0) is 25.0. The van der Waals surface area contributed by atoms with Gasteiger partial charge >= 0.3 is 11.3 Å². The number of likely N-dealkylation sites (tertiary alicyclic amines) is 1. The number of alkyl halides is 3. The number of anilines is 1. The molecular formula is C20H30ClF2N3O6S. The van der Waals surface area contributed by atoms with Crippen molar-refractivity contribution in [2.24, 2.45) is 5.92 Å². The summed E-state index contributed by atoms with van der Waals surface area (Å²) in [5.41, 5.74) is 5.22. The second-order valence-electron chi connectivity index (χ2n) is 8.62. The lowest BCUT2D eigenvalue weighted by molar-refractivity contribution is -0.117. The quantitative estimate of drug-likeness (QED) is 0.414. The number of sulfone groups is 1. The van der Waals surface area contributed by atoms with E-state index in [1.807, 2.05) is 0 Å². The maximum absolute atomic E-state index is 15.1. The molecule has 1 fully saturated rings. The van der Waals surface area contributed by atoms with Gasteiger partial charge < -0.3 is 24.8 Å². The number of carbonyl (C=O) groups excluding carboxylic acids is 1. The molecule has 1 aromatic rings. The molecule has 2 N–H and O–H groups in total. The van der Waals surface area contributed by atoms with Crippen molar-refractivity contribution < 1.29 is 36.2 Å². The van der Waals surface area contributed by atoms with E-state index in [4.69, 9.17) is 31.5 Å². The number of carbonyl (C=O) groups is 1. The molecule has 0 radical (unpaired) electrons. The zero-order valence-corrected chi connectivity index (χ0v) is 20.6. The monoisotopic (exact) mass is 513 g/mol. The van der Waals surface area contributed by atoms with Gasteiger partial charge in [-0.15, -0.1) is 11.6 Å². The minimum atomic E-state index is -5.13. The molecule has 0 aromatic carbocycles. The number of piperidine rings is 1. The molecule has 1 aromatic heterocycles. The van der Waals surface area contributed by atoms with Crippen LogP contribution in [0.4, 0.5) is 19.4 Å². The molecule has 0 saturated carbocycles. The van der Waals surface area contributed by atoms with Crippen molar-refractivity contribution in [1.29, 1.82) is 0 Å². The molecular weight excluding hydrogens is 484 g/mol. The summed E-state index contributed by atoms with van der Waals surface area (Å²) in [5, 5.41) is -4.10. The molecule has 188 valence electrons. The number of amides is 1. The summed E-state index contributed by atoms with van der Waals surface area (Å²) in [6.45, 7) is 4.90. The predicted molar refractivity (Wildman–Crippen MR) is 118 cm³/mol. The topological polar surface area (TPSA) is 121 Å². The van der Waals surface area contributed by atoms with E-state index in [0.717, 1.165) is 6.07 Å². The molecule has 1 aliphatic rings. The second kappa shape index (κ2) is 10.7. The Balaban J connectivity index is 2.11. The predicted octanol–water partition coefficient (Wildman–Crippen LogP) is 3.41. The maximum Gasteiger partial charge on any atom is 0.410 e. The molecule has 0 bridgehead atoms. The first kappa shape index (κ1) is 27.5. The molecule has 13 heteroatoms. The number of rotatable bonds is 8. The normalized spacial score (nSPS) is 17.1. The minimum absolute atomic E-state index is 0.0457. The Morgan fingerprint density at radius 2 is 1.91 bits per heavy atom. The highest BCUT2D eigenvalue weighted by Crippen LogP contribution is 2.42. The molecule has 2 heterocycles. The standard InChI is InChI=1S/C20H30ClF2N3O6S/c1-19(2,3)32-18(27)26-9-7-13(8-10-26)20(22,23)33(28,29)15-6-5-14(25-17(15)24)12-31-16(11-21)30-4/h5-6,13,16H,7-12H2,1-4H3,(H2,24,25). The number of ether oxygens (including phenoxy) is 3. The van der Waals surface area contributed by atoms with Crippen LogP contribution in [0, 0.1) is 5.92 Å². The third kappa shape index (κ3) is 6.65. The van der Waals surface area contributed by atoms with Gasteiger partial charge in [0.25, 0.3) is 0 Å². The highest BCUT2D eigenvalue weighted by molar-refractivity contribution is 7.92. The van der Waals surface area contributed by atoms with Crippen molar-refractivity contribution in [3.63, 3.8) is 0 Å². The molecule has 1 aliphatic heterocycles. The van der Waals surface area contributed by atoms with Crippen LogP contribution in [0.3, 0.4) is 0 Å². The number of nitrogens with two attached hydrogens (primary N) is 1. The van der Waals surface area contributed by atoms with Crippen LogP contribution in [0.25, 0.3) is 0 Å². The van der Waals surface area contributed by atoms with E-state index in [1.54, 1.807) is 20.8 Å². The molecule has 1 saturated heterocycles. The first-order valence-corrected chi connectivity index (χ1v) is 12.3. The number of aromatic nitrogens is 1. The lowest BCUT2D eigenvalue weighted by Gasteiger charge is -2.36. The first-order valence-electron chi connectivity index (χ1n) is 10.3. The van der Waals surface area contributed by atoms with Gasteiger partial charge in [-0.2, -0.15) is 8.78 Å². The third-order valence-electron chi connectivity index (χ3n) is 5.02. The molecule has 1 amide bonds. The lowest BCUT2D eigenvalue weighted by Crippen LogP contribution is -2.47. The number of nitrogens with zero attached hydrogens (tertiary/aromatic N) is 2. The largest absolute Gasteiger partial charge is 0.444 e. The zero-order valence-electron chi connectivity index (χ0n) is 19.0. The van der Waals surface area contributed by atoms with Crippen LogP contribution >= 0.6 is 11.6 Å². The van der Waals surface area contributed by atoms with Crippen molar-refractivity contribution in [2.75, 3.05) is 31.8 Å². The Morgan fingerprint density at radius 1 is 1.30 bits per heavy atom. The first-order chi connectivity index (χ1) is 15.2. The van der Waals surface area contributed by atoms with E-state index in [1.165, 1.54) is 18.1 Å². The Bertz CT molecular complexity index is 930. The van der Waals surface area contributed by atoms with Crippen LogP contribution in [0.15, 0.2) is 17.0 Å². The summed E-state index contributed by atoms with van der Waals surface area (Å²) in [5.74, 6) is -1.99. The van der Waals surface area contributed by atoms with Crippen LogP contribution in [0.2, 0.25) is 0 Å². The van der Waals surface area contributed by atoms with Gasteiger partial charge in [-0.3, -0.25) is 0 Å². The van der Waals surface area contributed by atoms with Gasteiger partial charge in [-0.1, -0.05) is 0 Å². The summed E-state index contributed by atoms with van der Waals surface area (Å²) in [7, 11) is -3.74. The fourth-order valence-corrected chi connectivity index (χ4v) is 5.01. The molecule has 1 atom stereocenters. The minimum Gasteiger partial charge on any atom is -0.444 e. The number of nitrogen functional groups attached to an aromatic ring is 1. The highest BCUT2D eigenvalue weighted by atomic mass is 35.5. The number of hydrogen-bond acceptors (Lipinski definition) is 8. The van der Waals surface area contributed by atoms with E-state index in [-0.39, 0.29) is 44.1 Å². The number of halogens is 3. The van der Waals surface area contributed by atoms with Gasteiger partial charge in [0.05, 0.1) is 18.2 Å². The molecule has 33 heavy (non-hydrogen) atoms. The van der Waals surface area contributed by atoms with Gasteiger partial charge in [-0.25, -0.2) is 18.2 Å². The molecule has 2 rings (SSSR count). The third-order valence-corrected chi connectivity index (χ3v) is 7.25. The van der Waals surface area contributed by atoms with Crippen LogP contribution < -0.4 is 5.73 Å². The smallest absolute Gasteiger partial charge is 0.410 e. The van der Waals surface area contributed by atoms with Gasteiger partial charge in [-0.05, 0) is 45.7 Å². The number of hydrogen-bond donors (Lipinski definition) is 1. The van der Waals surface area contributed by atoms with Crippen LogP contribution in [0.5, 0.6) is 0 Å². The van der Waals surface area contributed by atoms with Crippen molar-refractivity contribution in [3.05, 3.63) is 17.8 Å². The van der Waals surface area contributed by atoms with E-state index < -0.39 is 49.7 Å². The Labute approximate surface area is 197 Å². The van der Waals surface area contributed by atoms with Crippen LogP contribution in [-0.4, -0.2) is 67.6 Å². The summed E-state index contributed by atoms with van der Waals surface area (Å²) in [6, 6.07) is 2.23. The van der Waals surface area contributed by atoms with Crippen molar-refractivity contribution in [2.45, 2.75) is 62.3 Å². The highest BCUT2D eigenvalue weighted by Gasteiger charge is 2.54. The summed E-state index contributed by atoms with van der Waals surface area (Å²) in [6.07, 6.45) is -1.75. The average molecular weight is 514 g/mol. The Kier molecular flexibility index (Phi) is 8.88. The van der Waals surface area contributed by atoms with Gasteiger partial charge in [0, 0.05) is 26.1 Å². The summed E-state index contributed by atoms with van der Waals surface area (Å²) >= 11 is 5.64. The second-order valence-corrected chi connectivity index (χ2v) is 10.9. The van der Waals surface area contributed by atoms with Crippen molar-refractivity contribution >= 4 is 33.3 Å². The number of methoxy groups -OCH3 is 1. The van der Waals surface area contributed by atoms with Crippen LogP contribution in [-0.2, 0) is 30.7 Å². The van der Waals surface area contributed by atoms with Gasteiger partial charge in [0.15, 0.2) is 6.29 Å². The summed E-state index contributed by atoms with van der Waals surface area (Å²) < 4.78 is 71.4. The Morgan fingerprint density at radius 3 is 2.39 bits per heavy atom.